The molecule has 0 radical (unpaired) electrons. The van der Waals surface area contributed by atoms with Crippen molar-refractivity contribution in [3.63, 3.8) is 0 Å². The number of nitrogens with one attached hydrogen (secondary N) is 1. The van der Waals surface area contributed by atoms with Crippen molar-refractivity contribution in [1.82, 2.24) is 0 Å². The van der Waals surface area contributed by atoms with Gasteiger partial charge in [-0.15, -0.1) is 0 Å². The Kier molecular flexibility index (Phi) is 6.82. The van der Waals surface area contributed by atoms with Crippen LogP contribution in [0, 0.1) is 0 Å². The lowest BCUT2D eigenvalue weighted by molar-refractivity contribution is -0.155. The van der Waals surface area contributed by atoms with Crippen molar-refractivity contribution in [1.29, 1.82) is 0 Å². The van der Waals surface area contributed by atoms with E-state index in [1.807, 2.05) is 0 Å². The molecule has 0 aromatic heterocycles. The van der Waals surface area contributed by atoms with Gasteiger partial charge in [0.15, 0.2) is 24.8 Å². The molecule has 7 nitrogen and oxygen atoms in total. The minimum absolute atomic E-state index is 0.0775. The van der Waals surface area contributed by atoms with Crippen LogP contribution >= 0.6 is 0 Å². The number of aldehydes is 1. The van der Waals surface area contributed by atoms with Crippen molar-refractivity contribution in [2.45, 2.75) is 20.0 Å². The highest BCUT2D eigenvalue weighted by Gasteiger charge is 2.18. The maximum Gasteiger partial charge on any atom is 0.344 e. The summed E-state index contributed by atoms with van der Waals surface area (Å²) in [4.78, 5) is 46.1. The maximum absolute atomic E-state index is 12.1. The van der Waals surface area contributed by atoms with E-state index in [1.54, 1.807) is 48.5 Å². The minimum Gasteiger partial charge on any atom is -0.481 e. The first-order valence-corrected chi connectivity index (χ1v) is 8.19. The third-order valence-corrected chi connectivity index (χ3v) is 3.63. The Morgan fingerprint density at radius 2 is 1.74 bits per heavy atom. The summed E-state index contributed by atoms with van der Waals surface area (Å²) in [5.74, 6) is -1.09. The maximum atomic E-state index is 12.1. The molecule has 1 amide bonds. The minimum atomic E-state index is -1.05. The lowest BCUT2D eigenvalue weighted by atomic mass is 10.1. The number of ether oxygens (including phenoxy) is 2. The first-order chi connectivity index (χ1) is 12.9. The molecule has 2 rings (SSSR count). The van der Waals surface area contributed by atoms with Crippen LogP contribution in [-0.2, 0) is 14.3 Å². The lowest BCUT2D eigenvalue weighted by Crippen LogP contribution is -2.31. The van der Waals surface area contributed by atoms with Crippen LogP contribution in [0.15, 0.2) is 48.5 Å². The highest BCUT2D eigenvalue weighted by Crippen LogP contribution is 2.15. The molecule has 0 saturated heterocycles. The summed E-state index contributed by atoms with van der Waals surface area (Å²) in [7, 11) is 0. The second kappa shape index (κ2) is 9.28. The van der Waals surface area contributed by atoms with Crippen molar-refractivity contribution < 1.29 is 28.7 Å². The number of hydrogen-bond donors (Lipinski definition) is 1. The lowest BCUT2D eigenvalue weighted by Gasteiger charge is -2.14. The first-order valence-electron chi connectivity index (χ1n) is 8.19. The number of amides is 1. The van der Waals surface area contributed by atoms with E-state index in [0.717, 1.165) is 0 Å². The number of ketones is 1. The number of Topliss-reactive ketones (excluding diaryl/α,β-unsaturated/α-hetero) is 1. The van der Waals surface area contributed by atoms with E-state index in [2.05, 4.69) is 5.32 Å². The zero-order chi connectivity index (χ0) is 19.8. The molecule has 0 aliphatic heterocycles. The highest BCUT2D eigenvalue weighted by molar-refractivity contribution is 5.97. The molecule has 0 saturated carbocycles. The Morgan fingerprint density at radius 1 is 1.07 bits per heavy atom. The Hall–Kier alpha value is -3.48. The number of carbonyl (C=O) groups excluding carboxylic acids is 4. The van der Waals surface area contributed by atoms with Crippen LogP contribution in [0.5, 0.6) is 5.75 Å². The topological polar surface area (TPSA) is 98.8 Å². The molecule has 0 fully saturated rings. The van der Waals surface area contributed by atoms with Crippen LogP contribution in [0.1, 0.15) is 34.6 Å². The monoisotopic (exact) mass is 369 g/mol. The largest absolute Gasteiger partial charge is 0.481 e. The Labute approximate surface area is 156 Å². The average Bonchev–Trinajstić information content (AvgIpc) is 2.66. The van der Waals surface area contributed by atoms with E-state index in [9.17, 15) is 19.2 Å². The standard InChI is InChI=1S/C20H19NO6/c1-13(23)15-7-9-17(10-8-15)21-20(25)14(2)27-19(24)12-26-18-6-4-3-5-16(18)11-22/h3-11,14H,12H2,1-2H3,(H,21,25)/t14-/m1/s1. The molecular weight excluding hydrogens is 350 g/mol. The summed E-state index contributed by atoms with van der Waals surface area (Å²) < 4.78 is 10.3. The van der Waals surface area contributed by atoms with Gasteiger partial charge in [0.1, 0.15) is 5.75 Å². The van der Waals surface area contributed by atoms with Gasteiger partial charge in [-0.05, 0) is 50.2 Å². The molecule has 140 valence electrons. The molecule has 0 unspecified atom stereocenters. The third kappa shape index (κ3) is 5.78. The predicted octanol–water partition coefficient (Wildman–Crippen LogP) is 2.65. The Bertz CT molecular complexity index is 844. The number of rotatable bonds is 8. The van der Waals surface area contributed by atoms with Gasteiger partial charge >= 0.3 is 5.97 Å². The fourth-order valence-corrected chi connectivity index (χ4v) is 2.16. The summed E-state index contributed by atoms with van der Waals surface area (Å²) in [6, 6.07) is 12.8. The van der Waals surface area contributed by atoms with Crippen LogP contribution in [-0.4, -0.2) is 36.7 Å². The van der Waals surface area contributed by atoms with Gasteiger partial charge in [0.25, 0.3) is 5.91 Å². The molecule has 2 aromatic carbocycles. The average molecular weight is 369 g/mol. The van der Waals surface area contributed by atoms with Crippen LogP contribution < -0.4 is 10.1 Å². The number of esters is 1. The SMILES string of the molecule is CC(=O)c1ccc(NC(=O)[C@@H](C)OC(=O)COc2ccccc2C=O)cc1. The van der Waals surface area contributed by atoms with Gasteiger partial charge in [0.05, 0.1) is 5.56 Å². The molecule has 0 heterocycles. The highest BCUT2D eigenvalue weighted by atomic mass is 16.6. The summed E-state index contributed by atoms with van der Waals surface area (Å²) in [5.41, 5.74) is 1.31. The van der Waals surface area contributed by atoms with Crippen molar-refractivity contribution in [3.05, 3.63) is 59.7 Å². The molecule has 7 heteroatoms. The zero-order valence-electron chi connectivity index (χ0n) is 14.9. The number of benzene rings is 2. The summed E-state index contributed by atoms with van der Waals surface area (Å²) in [6.07, 6.45) is -0.427. The van der Waals surface area contributed by atoms with Crippen molar-refractivity contribution in [3.8, 4) is 5.75 Å². The van der Waals surface area contributed by atoms with E-state index in [-0.39, 0.29) is 11.5 Å². The zero-order valence-corrected chi connectivity index (χ0v) is 14.9. The summed E-state index contributed by atoms with van der Waals surface area (Å²) >= 11 is 0. The van der Waals surface area contributed by atoms with E-state index in [1.165, 1.54) is 13.8 Å². The van der Waals surface area contributed by atoms with Crippen molar-refractivity contribution in [2.75, 3.05) is 11.9 Å². The summed E-state index contributed by atoms with van der Waals surface area (Å²) in [6.45, 7) is 2.44. The van der Waals surface area contributed by atoms with Crippen molar-refractivity contribution >= 4 is 29.6 Å². The quantitative estimate of drug-likeness (QED) is 0.436. The van der Waals surface area contributed by atoms with Gasteiger partial charge in [0.2, 0.25) is 0 Å². The van der Waals surface area contributed by atoms with E-state index >= 15 is 0 Å². The molecule has 0 aliphatic rings. The van der Waals surface area contributed by atoms with Gasteiger partial charge in [-0.25, -0.2) is 4.79 Å². The molecule has 2 aromatic rings. The van der Waals surface area contributed by atoms with Gasteiger partial charge in [-0.3, -0.25) is 14.4 Å². The number of hydrogen-bond acceptors (Lipinski definition) is 6. The van der Waals surface area contributed by atoms with Gasteiger partial charge in [-0.1, -0.05) is 12.1 Å². The Balaban J connectivity index is 1.85. The summed E-state index contributed by atoms with van der Waals surface area (Å²) in [5, 5.41) is 2.59. The van der Waals surface area contributed by atoms with Crippen LogP contribution in [0.3, 0.4) is 0 Å². The first kappa shape index (κ1) is 19.8. The molecule has 0 spiro atoms. The van der Waals surface area contributed by atoms with Gasteiger partial charge in [-0.2, -0.15) is 0 Å². The molecule has 1 N–H and O–H groups in total. The van der Waals surface area contributed by atoms with E-state index in [4.69, 9.17) is 9.47 Å². The third-order valence-electron chi connectivity index (χ3n) is 3.63. The van der Waals surface area contributed by atoms with Crippen LogP contribution in [0.4, 0.5) is 5.69 Å². The molecule has 0 aliphatic carbocycles. The second-order valence-corrected chi connectivity index (χ2v) is 5.70. The van der Waals surface area contributed by atoms with Crippen LogP contribution in [0.2, 0.25) is 0 Å². The fourth-order valence-electron chi connectivity index (χ4n) is 2.16. The number of anilines is 1. The number of para-hydroxylation sites is 1. The molecule has 1 atom stereocenters. The second-order valence-electron chi connectivity index (χ2n) is 5.70. The van der Waals surface area contributed by atoms with Gasteiger partial charge < -0.3 is 14.8 Å². The predicted molar refractivity (Wildman–Crippen MR) is 98.0 cm³/mol. The number of carbonyl (C=O) groups is 4. The smallest absolute Gasteiger partial charge is 0.344 e. The fraction of sp³-hybridized carbons (Fsp3) is 0.200. The van der Waals surface area contributed by atoms with Crippen LogP contribution in [0.25, 0.3) is 0 Å². The molecule has 0 bridgehead atoms. The van der Waals surface area contributed by atoms with Crippen molar-refractivity contribution in [2.24, 2.45) is 0 Å². The Morgan fingerprint density at radius 3 is 2.37 bits per heavy atom. The molecule has 27 heavy (non-hydrogen) atoms. The van der Waals surface area contributed by atoms with E-state index < -0.39 is 24.6 Å². The van der Waals surface area contributed by atoms with E-state index in [0.29, 0.717) is 23.1 Å². The molecular formula is C20H19NO6. The van der Waals surface area contributed by atoms with Gasteiger partial charge in [0, 0.05) is 11.3 Å². The normalized spacial score (nSPS) is 11.2.